The van der Waals surface area contributed by atoms with Crippen molar-refractivity contribution in [1.82, 2.24) is 0 Å². The Bertz CT molecular complexity index is 1030. The largest absolute Gasteiger partial charge is 0.496 e. The van der Waals surface area contributed by atoms with Gasteiger partial charge in [-0.25, -0.2) is 4.79 Å². The maximum absolute atomic E-state index is 13.1. The van der Waals surface area contributed by atoms with Crippen molar-refractivity contribution >= 4 is 17.7 Å². The Balaban J connectivity index is 2.69. The van der Waals surface area contributed by atoms with Gasteiger partial charge in [0.2, 0.25) is 0 Å². The molecule has 2 aromatic rings. The maximum atomic E-state index is 13.1. The van der Waals surface area contributed by atoms with E-state index in [0.29, 0.717) is 16.9 Å². The number of para-hydroxylation sites is 1. The summed E-state index contributed by atoms with van der Waals surface area (Å²) < 4.78 is 15.9. The van der Waals surface area contributed by atoms with Crippen molar-refractivity contribution in [2.24, 2.45) is 0 Å². The van der Waals surface area contributed by atoms with E-state index in [1.165, 1.54) is 27.2 Å². The molecule has 32 heavy (non-hydrogen) atoms. The second-order valence-corrected chi connectivity index (χ2v) is 8.49. The van der Waals surface area contributed by atoms with Crippen LogP contribution in [0.15, 0.2) is 60.2 Å². The number of methoxy groups -OCH3 is 2. The van der Waals surface area contributed by atoms with Gasteiger partial charge in [0.1, 0.15) is 5.75 Å². The monoisotopic (exact) mass is 438 g/mol. The number of carbonyl (C=O) groups excluding carboxylic acids is 3. The lowest BCUT2D eigenvalue weighted by Gasteiger charge is -2.32. The average Bonchev–Trinajstić information content (AvgIpc) is 2.76. The first-order valence-corrected chi connectivity index (χ1v) is 10.2. The highest BCUT2D eigenvalue weighted by molar-refractivity contribution is 6.07. The average molecular weight is 439 g/mol. The molecule has 6 nitrogen and oxygen atoms in total. The van der Waals surface area contributed by atoms with Gasteiger partial charge in [0.25, 0.3) is 5.60 Å². The Morgan fingerprint density at radius 3 is 1.91 bits per heavy atom. The predicted octanol–water partition coefficient (Wildman–Crippen LogP) is 4.75. The normalized spacial score (nSPS) is 13.7. The number of hydrogen-bond acceptors (Lipinski definition) is 6. The third-order valence-electron chi connectivity index (χ3n) is 5.20. The van der Waals surface area contributed by atoms with Crippen LogP contribution >= 0.6 is 0 Å². The van der Waals surface area contributed by atoms with E-state index >= 15 is 0 Å². The van der Waals surface area contributed by atoms with Crippen molar-refractivity contribution in [3.63, 3.8) is 0 Å². The first kappa shape index (κ1) is 24.9. The molecule has 0 aromatic heterocycles. The van der Waals surface area contributed by atoms with Crippen molar-refractivity contribution in [3.8, 4) is 5.75 Å². The summed E-state index contributed by atoms with van der Waals surface area (Å²) in [6.07, 6.45) is 1.27. The molecule has 0 aliphatic rings. The SMILES string of the molecule is COC(=O)C(OC(C)=O)(/C(C)=C/C(=O)c1ccccc1OC)c1ccc(C(C)(C)C)cc1. The summed E-state index contributed by atoms with van der Waals surface area (Å²) >= 11 is 0. The molecule has 0 fully saturated rings. The molecule has 2 aromatic carbocycles. The lowest BCUT2D eigenvalue weighted by molar-refractivity contribution is -0.176. The van der Waals surface area contributed by atoms with Crippen molar-refractivity contribution < 1.29 is 28.6 Å². The fraction of sp³-hybridized carbons (Fsp3) is 0.346. The van der Waals surface area contributed by atoms with Gasteiger partial charge in [-0.3, -0.25) is 9.59 Å². The number of ether oxygens (including phenoxy) is 3. The molecule has 0 N–H and O–H groups in total. The highest BCUT2D eigenvalue weighted by Gasteiger charge is 2.47. The topological polar surface area (TPSA) is 78.9 Å². The fourth-order valence-corrected chi connectivity index (χ4v) is 3.48. The number of rotatable bonds is 7. The Hall–Kier alpha value is -3.41. The molecular weight excluding hydrogens is 408 g/mol. The molecule has 0 saturated heterocycles. The summed E-state index contributed by atoms with van der Waals surface area (Å²) in [5, 5.41) is 0. The van der Waals surface area contributed by atoms with Crippen molar-refractivity contribution in [2.75, 3.05) is 14.2 Å². The predicted molar refractivity (Wildman–Crippen MR) is 122 cm³/mol. The second kappa shape index (κ2) is 9.81. The first-order chi connectivity index (χ1) is 15.0. The van der Waals surface area contributed by atoms with Gasteiger partial charge < -0.3 is 14.2 Å². The Kier molecular flexibility index (Phi) is 7.62. The van der Waals surface area contributed by atoms with Crippen LogP contribution in [0.5, 0.6) is 5.75 Å². The van der Waals surface area contributed by atoms with E-state index in [9.17, 15) is 14.4 Å². The van der Waals surface area contributed by atoms with Gasteiger partial charge in [-0.05, 0) is 41.7 Å². The van der Waals surface area contributed by atoms with Crippen LogP contribution in [0.4, 0.5) is 0 Å². The highest BCUT2D eigenvalue weighted by Crippen LogP contribution is 2.37. The lowest BCUT2D eigenvalue weighted by Crippen LogP contribution is -2.42. The van der Waals surface area contributed by atoms with Crippen LogP contribution < -0.4 is 4.74 Å². The smallest absolute Gasteiger partial charge is 0.359 e. The molecule has 0 aliphatic carbocycles. The van der Waals surface area contributed by atoms with Crippen molar-refractivity contribution in [3.05, 3.63) is 76.9 Å². The summed E-state index contributed by atoms with van der Waals surface area (Å²) in [6, 6.07) is 13.9. The molecule has 0 spiro atoms. The van der Waals surface area contributed by atoms with E-state index in [2.05, 4.69) is 20.8 Å². The van der Waals surface area contributed by atoms with E-state index in [1.54, 1.807) is 43.3 Å². The van der Waals surface area contributed by atoms with E-state index in [4.69, 9.17) is 14.2 Å². The van der Waals surface area contributed by atoms with Crippen LogP contribution in [-0.4, -0.2) is 31.9 Å². The van der Waals surface area contributed by atoms with Gasteiger partial charge in [-0.2, -0.15) is 0 Å². The first-order valence-electron chi connectivity index (χ1n) is 10.2. The van der Waals surface area contributed by atoms with Gasteiger partial charge in [0.05, 0.1) is 19.8 Å². The number of esters is 2. The molecule has 0 amide bonds. The maximum Gasteiger partial charge on any atom is 0.359 e. The molecule has 0 aliphatic heterocycles. The zero-order chi connectivity index (χ0) is 24.1. The second-order valence-electron chi connectivity index (χ2n) is 8.49. The lowest BCUT2D eigenvalue weighted by atomic mass is 9.81. The van der Waals surface area contributed by atoms with Gasteiger partial charge in [0, 0.05) is 12.5 Å². The third kappa shape index (κ3) is 5.07. The molecule has 0 saturated carbocycles. The summed E-state index contributed by atoms with van der Waals surface area (Å²) in [7, 11) is 2.68. The van der Waals surface area contributed by atoms with E-state index in [0.717, 1.165) is 5.56 Å². The van der Waals surface area contributed by atoms with Crippen LogP contribution in [-0.2, 0) is 30.1 Å². The Morgan fingerprint density at radius 2 is 1.41 bits per heavy atom. The molecule has 170 valence electrons. The quantitative estimate of drug-likeness (QED) is 0.353. The van der Waals surface area contributed by atoms with E-state index in [1.807, 2.05) is 12.1 Å². The summed E-state index contributed by atoms with van der Waals surface area (Å²) in [5.41, 5.74) is -0.0746. The zero-order valence-electron chi connectivity index (χ0n) is 19.6. The summed E-state index contributed by atoms with van der Waals surface area (Å²) in [6.45, 7) is 8.97. The molecule has 1 unspecified atom stereocenters. The number of ketones is 1. The minimum atomic E-state index is -1.91. The molecule has 0 bridgehead atoms. The highest BCUT2D eigenvalue weighted by atomic mass is 16.6. The molecule has 6 heteroatoms. The van der Waals surface area contributed by atoms with Gasteiger partial charge in [-0.15, -0.1) is 0 Å². The molecule has 0 heterocycles. The molecular formula is C26H30O6. The number of carbonyl (C=O) groups is 3. The summed E-state index contributed by atoms with van der Waals surface area (Å²) in [4.78, 5) is 38.2. The van der Waals surface area contributed by atoms with Crippen LogP contribution in [0.25, 0.3) is 0 Å². The van der Waals surface area contributed by atoms with E-state index < -0.39 is 23.3 Å². The van der Waals surface area contributed by atoms with Gasteiger partial charge in [-0.1, -0.05) is 57.2 Å². The van der Waals surface area contributed by atoms with Crippen LogP contribution in [0.1, 0.15) is 56.1 Å². The minimum Gasteiger partial charge on any atom is -0.496 e. The van der Waals surface area contributed by atoms with Gasteiger partial charge >= 0.3 is 11.9 Å². The molecule has 2 rings (SSSR count). The number of allylic oxidation sites excluding steroid dienone is 1. The van der Waals surface area contributed by atoms with Crippen LogP contribution in [0, 0.1) is 0 Å². The van der Waals surface area contributed by atoms with Crippen LogP contribution in [0.3, 0.4) is 0 Å². The number of benzene rings is 2. The van der Waals surface area contributed by atoms with Gasteiger partial charge in [0.15, 0.2) is 5.78 Å². The Labute approximate surface area is 189 Å². The van der Waals surface area contributed by atoms with Crippen LogP contribution in [0.2, 0.25) is 0 Å². The van der Waals surface area contributed by atoms with Crippen molar-refractivity contribution in [2.45, 2.75) is 45.6 Å². The zero-order valence-corrected chi connectivity index (χ0v) is 19.6. The fourth-order valence-electron chi connectivity index (χ4n) is 3.48. The Morgan fingerprint density at radius 1 is 0.844 bits per heavy atom. The molecule has 0 radical (unpaired) electrons. The number of hydrogen-bond donors (Lipinski definition) is 0. The standard InChI is InChI=1S/C26H30O6/c1-17(16-22(28)21-10-8-9-11-23(21)30-6)26(24(29)31-7,32-18(2)27)20-14-12-19(13-15-20)25(3,4)5/h8-16H,1-7H3/b17-16+. The minimum absolute atomic E-state index is 0.112. The summed E-state index contributed by atoms with van der Waals surface area (Å²) in [5.74, 6) is -1.50. The third-order valence-corrected chi connectivity index (χ3v) is 5.20. The van der Waals surface area contributed by atoms with Crippen molar-refractivity contribution in [1.29, 1.82) is 0 Å². The van der Waals surface area contributed by atoms with E-state index in [-0.39, 0.29) is 11.0 Å². The molecule has 1 atom stereocenters.